The van der Waals surface area contributed by atoms with Gasteiger partial charge in [-0.05, 0) is 102 Å². The second kappa shape index (κ2) is 13.2. The topological polar surface area (TPSA) is 95.6 Å². The van der Waals surface area contributed by atoms with Gasteiger partial charge in [0.15, 0.2) is 0 Å². The van der Waals surface area contributed by atoms with E-state index in [0.29, 0.717) is 16.9 Å². The van der Waals surface area contributed by atoms with E-state index >= 15 is 0 Å². The van der Waals surface area contributed by atoms with E-state index in [0.717, 1.165) is 19.6 Å². The Labute approximate surface area is 261 Å². The predicted molar refractivity (Wildman–Crippen MR) is 174 cm³/mol. The number of anilines is 2. The van der Waals surface area contributed by atoms with E-state index in [-0.39, 0.29) is 23.9 Å². The van der Waals surface area contributed by atoms with E-state index in [1.807, 2.05) is 49.4 Å². The Morgan fingerprint density at radius 1 is 0.905 bits per heavy atom. The lowest BCUT2D eigenvalue weighted by molar-refractivity contribution is -0.121. The first-order chi connectivity index (χ1) is 20.3. The number of nitrogens with zero attached hydrogens (tertiary/aromatic N) is 1. The summed E-state index contributed by atoms with van der Waals surface area (Å²) in [6.07, 6.45) is 1.75. The lowest BCUT2D eigenvalue weighted by Gasteiger charge is -2.15. The number of hydrogen-bond acceptors (Lipinski definition) is 5. The van der Waals surface area contributed by atoms with Crippen LogP contribution in [0.5, 0.6) is 0 Å². The summed E-state index contributed by atoms with van der Waals surface area (Å²) >= 11 is 3.49. The van der Waals surface area contributed by atoms with Crippen LogP contribution in [-0.2, 0) is 14.4 Å². The normalized spacial score (nSPS) is 15.0. The zero-order chi connectivity index (χ0) is 29.6. The van der Waals surface area contributed by atoms with Crippen LogP contribution in [0, 0.1) is 10.5 Å². The Morgan fingerprint density at radius 3 is 2.31 bits per heavy atom. The molecular formula is C33H26IN3O4S. The largest absolute Gasteiger partial charge is 0.321 e. The van der Waals surface area contributed by atoms with E-state index in [2.05, 4.69) is 33.2 Å². The fourth-order valence-corrected chi connectivity index (χ4v) is 5.82. The molecule has 0 aliphatic carbocycles. The van der Waals surface area contributed by atoms with E-state index in [1.165, 1.54) is 16.7 Å². The minimum Gasteiger partial charge on any atom is -0.321 e. The summed E-state index contributed by atoms with van der Waals surface area (Å²) in [4.78, 5) is 53.9. The molecule has 0 spiro atoms. The molecule has 4 amide bonds. The molecule has 1 heterocycles. The summed E-state index contributed by atoms with van der Waals surface area (Å²) in [5.74, 6) is -1.35. The number of carbonyl (C=O) groups is 4. The number of amides is 4. The van der Waals surface area contributed by atoms with E-state index < -0.39 is 17.1 Å². The lowest BCUT2D eigenvalue weighted by Crippen LogP contribution is -2.31. The number of rotatable bonds is 8. The second-order valence-electron chi connectivity index (χ2n) is 9.63. The summed E-state index contributed by atoms with van der Waals surface area (Å²) in [6, 6.07) is 30.6. The Kier molecular flexibility index (Phi) is 9.19. The molecule has 5 rings (SSSR count). The maximum absolute atomic E-state index is 13.3. The highest BCUT2D eigenvalue weighted by molar-refractivity contribution is 14.1. The minimum absolute atomic E-state index is 0.0960. The Balaban J connectivity index is 1.28. The number of carbonyl (C=O) groups excluding carboxylic acids is 4. The molecule has 4 aromatic carbocycles. The molecule has 9 heteroatoms. The number of hydrogen-bond donors (Lipinski definition) is 2. The van der Waals surface area contributed by atoms with Gasteiger partial charge < -0.3 is 10.6 Å². The molecule has 0 aromatic heterocycles. The first-order valence-corrected chi connectivity index (χ1v) is 15.1. The highest BCUT2D eigenvalue weighted by Crippen LogP contribution is 2.34. The summed E-state index contributed by atoms with van der Waals surface area (Å²) in [5.41, 5.74) is 3.41. The van der Waals surface area contributed by atoms with Crippen molar-refractivity contribution < 1.29 is 19.2 Å². The maximum atomic E-state index is 13.3. The van der Waals surface area contributed by atoms with Gasteiger partial charge in [0.25, 0.3) is 11.8 Å². The molecule has 0 radical (unpaired) electrons. The SMILES string of the molecule is Cc1cccc(/C=C(\NC(=O)c2ccccc2)C(=O)Nc2ccc(SC3CC(=O)N(c4ccc(I)cc4)C3=O)cc2)c1. The predicted octanol–water partition coefficient (Wildman–Crippen LogP) is 6.43. The van der Waals surface area contributed by atoms with Gasteiger partial charge in [0.1, 0.15) is 5.70 Å². The van der Waals surface area contributed by atoms with Crippen molar-refractivity contribution in [2.24, 2.45) is 0 Å². The molecule has 1 fully saturated rings. The van der Waals surface area contributed by atoms with Crippen molar-refractivity contribution in [3.05, 3.63) is 129 Å². The van der Waals surface area contributed by atoms with Crippen LogP contribution >= 0.6 is 34.4 Å². The van der Waals surface area contributed by atoms with E-state index in [4.69, 9.17) is 0 Å². The summed E-state index contributed by atoms with van der Waals surface area (Å²) in [7, 11) is 0. The number of halogens is 1. The van der Waals surface area contributed by atoms with Gasteiger partial charge in [-0.3, -0.25) is 19.2 Å². The quantitative estimate of drug-likeness (QED) is 0.127. The lowest BCUT2D eigenvalue weighted by atomic mass is 10.1. The molecule has 1 saturated heterocycles. The average molecular weight is 688 g/mol. The second-order valence-corrected chi connectivity index (χ2v) is 12.1. The average Bonchev–Trinajstić information content (AvgIpc) is 3.26. The van der Waals surface area contributed by atoms with Crippen molar-refractivity contribution in [3.8, 4) is 0 Å². The molecule has 1 aliphatic rings. The molecule has 4 aromatic rings. The van der Waals surface area contributed by atoms with Crippen LogP contribution in [0.1, 0.15) is 27.9 Å². The molecule has 42 heavy (non-hydrogen) atoms. The van der Waals surface area contributed by atoms with Crippen LogP contribution in [0.4, 0.5) is 11.4 Å². The van der Waals surface area contributed by atoms with Crippen molar-refractivity contribution >= 4 is 75.4 Å². The molecule has 1 unspecified atom stereocenters. The molecule has 0 bridgehead atoms. The van der Waals surface area contributed by atoms with Gasteiger partial charge in [0.2, 0.25) is 11.8 Å². The van der Waals surface area contributed by atoms with Crippen molar-refractivity contribution in [1.29, 1.82) is 0 Å². The zero-order valence-electron chi connectivity index (χ0n) is 22.5. The Hall–Kier alpha value is -4.22. The Bertz CT molecular complexity index is 1670. The van der Waals surface area contributed by atoms with E-state index in [1.54, 1.807) is 66.7 Å². The van der Waals surface area contributed by atoms with Crippen LogP contribution in [0.3, 0.4) is 0 Å². The Morgan fingerprint density at radius 2 is 1.62 bits per heavy atom. The molecule has 7 nitrogen and oxygen atoms in total. The monoisotopic (exact) mass is 687 g/mol. The summed E-state index contributed by atoms with van der Waals surface area (Å²) in [6.45, 7) is 1.95. The van der Waals surface area contributed by atoms with E-state index in [9.17, 15) is 19.2 Å². The molecule has 1 aliphatic heterocycles. The van der Waals surface area contributed by atoms with Crippen molar-refractivity contribution in [2.75, 3.05) is 10.2 Å². The number of imide groups is 1. The van der Waals surface area contributed by atoms with Gasteiger partial charge in [0.05, 0.1) is 10.9 Å². The van der Waals surface area contributed by atoms with Crippen molar-refractivity contribution in [2.45, 2.75) is 23.5 Å². The van der Waals surface area contributed by atoms with Gasteiger partial charge >= 0.3 is 0 Å². The van der Waals surface area contributed by atoms with Gasteiger partial charge in [-0.25, -0.2) is 4.90 Å². The van der Waals surface area contributed by atoms with Gasteiger partial charge in [-0.15, -0.1) is 11.8 Å². The van der Waals surface area contributed by atoms with Crippen molar-refractivity contribution in [3.63, 3.8) is 0 Å². The number of aryl methyl sites for hydroxylation is 1. The molecule has 210 valence electrons. The number of benzene rings is 4. The van der Waals surface area contributed by atoms with Crippen LogP contribution in [0.25, 0.3) is 6.08 Å². The van der Waals surface area contributed by atoms with Crippen molar-refractivity contribution in [1.82, 2.24) is 5.32 Å². The van der Waals surface area contributed by atoms with Crippen LogP contribution in [0.2, 0.25) is 0 Å². The fourth-order valence-electron chi connectivity index (χ4n) is 4.41. The van der Waals surface area contributed by atoms with Gasteiger partial charge in [-0.2, -0.15) is 0 Å². The first-order valence-electron chi connectivity index (χ1n) is 13.1. The highest BCUT2D eigenvalue weighted by Gasteiger charge is 2.40. The molecule has 0 saturated carbocycles. The number of nitrogens with one attached hydrogen (secondary N) is 2. The molecule has 1 atom stereocenters. The smallest absolute Gasteiger partial charge is 0.272 e. The zero-order valence-corrected chi connectivity index (χ0v) is 25.5. The third-order valence-corrected chi connectivity index (χ3v) is 8.38. The third kappa shape index (κ3) is 7.15. The third-order valence-electron chi connectivity index (χ3n) is 6.46. The van der Waals surface area contributed by atoms with Gasteiger partial charge in [0, 0.05) is 26.1 Å². The fraction of sp³-hybridized carbons (Fsp3) is 0.0909. The maximum Gasteiger partial charge on any atom is 0.272 e. The first kappa shape index (κ1) is 29.3. The number of thioether (sulfide) groups is 1. The standard InChI is InChI=1S/C33H26IN3O4S/c1-21-6-5-7-22(18-21)19-28(36-31(39)23-8-3-2-4-9-23)32(40)35-25-12-16-27(17-13-25)42-29-20-30(38)37(33(29)41)26-14-10-24(34)11-15-26/h2-19,29H,20H2,1H3,(H,35,40)(H,36,39)/b28-19-. The highest BCUT2D eigenvalue weighted by atomic mass is 127. The minimum atomic E-state index is -0.533. The van der Waals surface area contributed by atoms with Gasteiger partial charge in [-0.1, -0.05) is 48.0 Å². The van der Waals surface area contributed by atoms with Crippen LogP contribution in [0.15, 0.2) is 114 Å². The van der Waals surface area contributed by atoms with Crippen LogP contribution in [-0.4, -0.2) is 28.9 Å². The molecule has 2 N–H and O–H groups in total. The van der Waals surface area contributed by atoms with Crippen LogP contribution < -0.4 is 15.5 Å². The summed E-state index contributed by atoms with van der Waals surface area (Å²) < 4.78 is 1.02. The summed E-state index contributed by atoms with van der Waals surface area (Å²) in [5, 5.41) is 5.05. The molecular weight excluding hydrogens is 661 g/mol.